The van der Waals surface area contributed by atoms with Crippen molar-refractivity contribution in [3.05, 3.63) is 48.0 Å². The van der Waals surface area contributed by atoms with Crippen molar-refractivity contribution < 1.29 is 23.7 Å². The lowest BCUT2D eigenvalue weighted by atomic mass is 9.92. The molecule has 6 heteroatoms. The summed E-state index contributed by atoms with van der Waals surface area (Å²) >= 11 is 0. The van der Waals surface area contributed by atoms with Crippen LogP contribution in [0.15, 0.2) is 47.5 Å². The maximum atomic E-state index is 12.5. The minimum absolute atomic E-state index is 0.196. The van der Waals surface area contributed by atoms with Crippen molar-refractivity contribution in [1.29, 1.82) is 0 Å². The molecular weight excluding hydrogens is 322 g/mol. The maximum absolute atomic E-state index is 12.5. The molecule has 0 N–H and O–H groups in total. The van der Waals surface area contributed by atoms with E-state index < -0.39 is 23.4 Å². The first-order valence-corrected chi connectivity index (χ1v) is 8.40. The van der Waals surface area contributed by atoms with Gasteiger partial charge in [0.2, 0.25) is 5.90 Å². The smallest absolute Gasteiger partial charge is 0.343 e. The topological polar surface area (TPSA) is 66.3 Å². The Morgan fingerprint density at radius 3 is 2.64 bits per heavy atom. The van der Waals surface area contributed by atoms with Crippen molar-refractivity contribution in [2.45, 2.75) is 50.4 Å². The van der Waals surface area contributed by atoms with Gasteiger partial charge in [0, 0.05) is 5.56 Å². The van der Waals surface area contributed by atoms with Crippen LogP contribution in [0.1, 0.15) is 26.3 Å². The molecule has 4 atom stereocenters. The van der Waals surface area contributed by atoms with Crippen LogP contribution >= 0.6 is 0 Å². The van der Waals surface area contributed by atoms with Gasteiger partial charge >= 0.3 is 5.97 Å². The third-order valence-electron chi connectivity index (χ3n) is 4.69. The second-order valence-corrected chi connectivity index (χ2v) is 7.09. The lowest BCUT2D eigenvalue weighted by Gasteiger charge is -2.44. The first-order valence-electron chi connectivity index (χ1n) is 8.40. The zero-order valence-corrected chi connectivity index (χ0v) is 14.5. The van der Waals surface area contributed by atoms with Gasteiger partial charge in [0.1, 0.15) is 18.3 Å². The van der Waals surface area contributed by atoms with Crippen molar-refractivity contribution in [1.82, 2.24) is 0 Å². The van der Waals surface area contributed by atoms with Crippen LogP contribution < -0.4 is 0 Å². The lowest BCUT2D eigenvalue weighted by Crippen LogP contribution is -2.55. The quantitative estimate of drug-likeness (QED) is 0.608. The van der Waals surface area contributed by atoms with E-state index in [0.717, 1.165) is 5.56 Å². The zero-order chi connectivity index (χ0) is 17.7. The van der Waals surface area contributed by atoms with Crippen LogP contribution in [0.3, 0.4) is 0 Å². The summed E-state index contributed by atoms with van der Waals surface area (Å²) in [7, 11) is 0. The van der Waals surface area contributed by atoms with E-state index in [9.17, 15) is 4.79 Å². The van der Waals surface area contributed by atoms with Crippen LogP contribution in [0.4, 0.5) is 0 Å². The highest BCUT2D eigenvalue weighted by atomic mass is 16.7. The third-order valence-corrected chi connectivity index (χ3v) is 4.69. The largest absolute Gasteiger partial charge is 0.405 e. The fourth-order valence-corrected chi connectivity index (χ4v) is 3.21. The Labute approximate surface area is 146 Å². The van der Waals surface area contributed by atoms with Gasteiger partial charge in [-0.1, -0.05) is 30.4 Å². The Kier molecular flexibility index (Phi) is 3.79. The Bertz CT molecular complexity index is 741. The number of rotatable bonds is 2. The molecule has 4 rings (SSSR count). The molecule has 1 fully saturated rings. The maximum Gasteiger partial charge on any atom is 0.343 e. The zero-order valence-electron chi connectivity index (χ0n) is 14.5. The molecule has 1 aromatic carbocycles. The van der Waals surface area contributed by atoms with Gasteiger partial charge < -0.3 is 18.9 Å². The van der Waals surface area contributed by atoms with Crippen molar-refractivity contribution in [2.24, 2.45) is 4.99 Å². The molecule has 25 heavy (non-hydrogen) atoms. The molecule has 0 radical (unpaired) electrons. The van der Waals surface area contributed by atoms with Gasteiger partial charge in [0.05, 0.1) is 6.61 Å². The number of nitrogens with zero attached hydrogens (tertiary/aromatic N) is 1. The third kappa shape index (κ3) is 2.90. The predicted molar refractivity (Wildman–Crippen MR) is 90.2 cm³/mol. The number of hydrogen-bond acceptors (Lipinski definition) is 6. The average molecular weight is 343 g/mol. The van der Waals surface area contributed by atoms with E-state index in [4.69, 9.17) is 18.9 Å². The van der Waals surface area contributed by atoms with Crippen LogP contribution in [0.2, 0.25) is 0 Å². The van der Waals surface area contributed by atoms with E-state index in [2.05, 4.69) is 4.99 Å². The fourth-order valence-electron chi connectivity index (χ4n) is 3.21. The van der Waals surface area contributed by atoms with Crippen LogP contribution in [0.5, 0.6) is 0 Å². The van der Waals surface area contributed by atoms with E-state index >= 15 is 0 Å². The molecule has 132 valence electrons. The van der Waals surface area contributed by atoms with E-state index in [-0.39, 0.29) is 12.2 Å². The summed E-state index contributed by atoms with van der Waals surface area (Å²) in [5, 5.41) is 0. The standard InChI is InChI=1S/C19H21NO5/c1-18(2)22-11-14-13(25-18)9-10-15(23-14)19(3)17(21)24-16(20-19)12-7-5-4-6-8-12/h4-10,13-15H,11H2,1-3H3/t13-,14+,15-,19?/m0/s1. The summed E-state index contributed by atoms with van der Waals surface area (Å²) in [5.74, 6) is -0.738. The molecule has 1 aromatic rings. The number of carbonyl (C=O) groups is 1. The van der Waals surface area contributed by atoms with Crippen LogP contribution in [0.25, 0.3) is 0 Å². The van der Waals surface area contributed by atoms with Crippen molar-refractivity contribution in [3.8, 4) is 0 Å². The first kappa shape index (κ1) is 16.4. The Balaban J connectivity index is 1.59. The molecular formula is C19H21NO5. The van der Waals surface area contributed by atoms with Gasteiger partial charge in [0.15, 0.2) is 11.3 Å². The SMILES string of the molecule is CC1(C)OC[C@H]2O[C@H](C3(C)N=C(c4ccccc4)OC3=O)C=C[C@@H]2O1. The monoisotopic (exact) mass is 343 g/mol. The average Bonchev–Trinajstić information content (AvgIpc) is 2.91. The number of carbonyl (C=O) groups excluding carboxylic acids is 1. The van der Waals surface area contributed by atoms with Gasteiger partial charge in [-0.05, 0) is 32.9 Å². The number of benzene rings is 1. The molecule has 6 nitrogen and oxygen atoms in total. The van der Waals surface area contributed by atoms with Gasteiger partial charge in [-0.25, -0.2) is 9.79 Å². The minimum atomic E-state index is -1.13. The van der Waals surface area contributed by atoms with E-state index in [1.54, 1.807) is 6.92 Å². The summed E-state index contributed by atoms with van der Waals surface area (Å²) in [6.45, 7) is 5.87. The van der Waals surface area contributed by atoms with E-state index in [1.165, 1.54) is 0 Å². The van der Waals surface area contributed by atoms with Gasteiger partial charge in [-0.3, -0.25) is 0 Å². The molecule has 0 bridgehead atoms. The summed E-state index contributed by atoms with van der Waals surface area (Å²) < 4.78 is 23.0. The van der Waals surface area contributed by atoms with Gasteiger partial charge in [-0.15, -0.1) is 0 Å². The molecule has 0 saturated carbocycles. The second kappa shape index (κ2) is 5.76. The molecule has 0 aromatic heterocycles. The van der Waals surface area contributed by atoms with Gasteiger partial charge in [-0.2, -0.15) is 0 Å². The first-order chi connectivity index (χ1) is 11.9. The number of esters is 1. The van der Waals surface area contributed by atoms with Crippen molar-refractivity contribution in [2.75, 3.05) is 6.61 Å². The molecule has 1 unspecified atom stereocenters. The highest BCUT2D eigenvalue weighted by Gasteiger charge is 2.51. The van der Waals surface area contributed by atoms with Crippen molar-refractivity contribution in [3.63, 3.8) is 0 Å². The van der Waals surface area contributed by atoms with Crippen LogP contribution in [0, 0.1) is 0 Å². The minimum Gasteiger partial charge on any atom is -0.405 e. The Morgan fingerprint density at radius 1 is 1.12 bits per heavy atom. The van der Waals surface area contributed by atoms with Crippen LogP contribution in [-0.2, 0) is 23.7 Å². The summed E-state index contributed by atoms with van der Waals surface area (Å²) in [6.07, 6.45) is 2.76. The molecule has 0 amide bonds. The fraction of sp³-hybridized carbons (Fsp3) is 0.474. The second-order valence-electron chi connectivity index (χ2n) is 7.09. The van der Waals surface area contributed by atoms with E-state index in [0.29, 0.717) is 12.5 Å². The molecule has 1 saturated heterocycles. The number of cyclic esters (lactones) is 1. The van der Waals surface area contributed by atoms with Gasteiger partial charge in [0.25, 0.3) is 0 Å². The molecule has 0 spiro atoms. The molecule has 3 aliphatic rings. The summed E-state index contributed by atoms with van der Waals surface area (Å²) in [6, 6.07) is 9.37. The number of fused-ring (bicyclic) bond motifs is 1. The molecule has 3 aliphatic heterocycles. The number of ether oxygens (including phenoxy) is 4. The molecule has 3 heterocycles. The predicted octanol–water partition coefficient (Wildman–Crippen LogP) is 2.22. The number of aliphatic imine (C=N–C) groups is 1. The summed E-state index contributed by atoms with van der Waals surface area (Å²) in [4.78, 5) is 17.1. The summed E-state index contributed by atoms with van der Waals surface area (Å²) in [5.41, 5.74) is -0.358. The Hall–Kier alpha value is -2.02. The van der Waals surface area contributed by atoms with Crippen LogP contribution in [-0.4, -0.2) is 48.1 Å². The van der Waals surface area contributed by atoms with E-state index in [1.807, 2.05) is 56.3 Å². The lowest BCUT2D eigenvalue weighted by molar-refractivity contribution is -0.307. The van der Waals surface area contributed by atoms with Crippen molar-refractivity contribution >= 4 is 11.9 Å². The highest BCUT2D eigenvalue weighted by Crippen LogP contribution is 2.35. The highest BCUT2D eigenvalue weighted by molar-refractivity contribution is 6.08. The Morgan fingerprint density at radius 2 is 1.88 bits per heavy atom. The molecule has 0 aliphatic carbocycles. The number of hydrogen-bond donors (Lipinski definition) is 0. The normalized spacial score (nSPS) is 36.5.